The molecule has 0 aliphatic rings. The van der Waals surface area contributed by atoms with Crippen molar-refractivity contribution < 1.29 is 31.1 Å². The van der Waals surface area contributed by atoms with E-state index < -0.39 is 34.2 Å². The van der Waals surface area contributed by atoms with Gasteiger partial charge in [0.2, 0.25) is 5.91 Å². The highest BCUT2D eigenvalue weighted by Gasteiger charge is 2.31. The first kappa shape index (κ1) is 22.6. The van der Waals surface area contributed by atoms with Crippen LogP contribution >= 0.6 is 11.3 Å². The molecule has 0 fully saturated rings. The predicted octanol–water partition coefficient (Wildman–Crippen LogP) is 4.61. The lowest BCUT2D eigenvalue weighted by Crippen LogP contribution is -2.37. The van der Waals surface area contributed by atoms with Crippen molar-refractivity contribution in [2.24, 2.45) is 0 Å². The van der Waals surface area contributed by atoms with Crippen LogP contribution in [0.3, 0.4) is 0 Å². The molecule has 0 radical (unpaired) electrons. The van der Waals surface area contributed by atoms with Crippen molar-refractivity contribution >= 4 is 38.6 Å². The van der Waals surface area contributed by atoms with Gasteiger partial charge in [-0.25, -0.2) is 8.42 Å². The molecule has 0 atom stereocenters. The molecular formula is C20H17F3N2O4S2. The Bertz CT molecular complexity index is 1150. The van der Waals surface area contributed by atoms with Gasteiger partial charge >= 0.3 is 6.18 Å². The van der Waals surface area contributed by atoms with Crippen molar-refractivity contribution in [1.82, 2.24) is 0 Å². The summed E-state index contributed by atoms with van der Waals surface area (Å²) in [5.41, 5.74) is -0.820. The maximum Gasteiger partial charge on any atom is 0.416 e. The molecular weight excluding hydrogens is 453 g/mol. The van der Waals surface area contributed by atoms with E-state index in [1.54, 1.807) is 11.4 Å². The first-order chi connectivity index (χ1) is 14.6. The zero-order chi connectivity index (χ0) is 22.6. The summed E-state index contributed by atoms with van der Waals surface area (Å²) in [6, 6.07) is 13.1. The Hall–Kier alpha value is -3.05. The monoisotopic (exact) mass is 470 g/mol. The molecule has 0 saturated heterocycles. The van der Waals surface area contributed by atoms with Gasteiger partial charge in [-0.05, 0) is 53.9 Å². The Morgan fingerprint density at radius 3 is 2.39 bits per heavy atom. The minimum absolute atomic E-state index is 0.0233. The van der Waals surface area contributed by atoms with Crippen LogP contribution in [0, 0.1) is 0 Å². The number of nitrogens with one attached hydrogen (secondary N) is 1. The number of hydrogen-bond acceptors (Lipinski definition) is 5. The number of hydrogen-bond donors (Lipinski definition) is 1. The van der Waals surface area contributed by atoms with Gasteiger partial charge in [0.1, 0.15) is 16.5 Å². The molecule has 6 nitrogen and oxygen atoms in total. The van der Waals surface area contributed by atoms with Gasteiger partial charge in [-0.3, -0.25) is 9.10 Å². The quantitative estimate of drug-likeness (QED) is 0.547. The Balaban J connectivity index is 1.89. The first-order valence-corrected chi connectivity index (χ1v) is 11.1. The average Bonchev–Trinajstić information content (AvgIpc) is 3.27. The van der Waals surface area contributed by atoms with Crippen LogP contribution < -0.4 is 14.4 Å². The van der Waals surface area contributed by atoms with Crippen molar-refractivity contribution in [3.05, 3.63) is 71.6 Å². The molecule has 0 bridgehead atoms. The molecule has 3 rings (SSSR count). The number of halogens is 3. The number of carbonyl (C=O) groups is 1. The molecule has 1 N–H and O–H groups in total. The van der Waals surface area contributed by atoms with E-state index in [2.05, 4.69) is 5.32 Å². The summed E-state index contributed by atoms with van der Waals surface area (Å²) in [5, 5.41) is 3.91. The third-order valence-electron chi connectivity index (χ3n) is 4.16. The third kappa shape index (κ3) is 5.36. The molecule has 1 aromatic heterocycles. The van der Waals surface area contributed by atoms with Crippen LogP contribution in [-0.4, -0.2) is 28.0 Å². The summed E-state index contributed by atoms with van der Waals surface area (Å²) >= 11 is 0.985. The van der Waals surface area contributed by atoms with Gasteiger partial charge in [0.05, 0.1) is 18.4 Å². The first-order valence-electron chi connectivity index (χ1n) is 8.78. The van der Waals surface area contributed by atoms with E-state index in [0.29, 0.717) is 5.75 Å². The number of thiophene rings is 1. The van der Waals surface area contributed by atoms with Crippen LogP contribution in [-0.2, 0) is 21.0 Å². The van der Waals surface area contributed by atoms with E-state index >= 15 is 0 Å². The minimum Gasteiger partial charge on any atom is -0.497 e. The minimum atomic E-state index is -4.57. The van der Waals surface area contributed by atoms with E-state index in [9.17, 15) is 26.4 Å². The second kappa shape index (κ2) is 8.98. The molecule has 0 spiro atoms. The zero-order valence-corrected chi connectivity index (χ0v) is 17.7. The Morgan fingerprint density at radius 2 is 1.81 bits per heavy atom. The molecule has 31 heavy (non-hydrogen) atoms. The summed E-state index contributed by atoms with van der Waals surface area (Å²) in [4.78, 5) is 12.6. The molecule has 0 saturated carbocycles. The van der Waals surface area contributed by atoms with Crippen molar-refractivity contribution in [3.63, 3.8) is 0 Å². The molecule has 1 amide bonds. The van der Waals surface area contributed by atoms with E-state index in [0.717, 1.165) is 33.8 Å². The highest BCUT2D eigenvalue weighted by atomic mass is 32.2. The molecule has 3 aromatic rings. The molecule has 11 heteroatoms. The SMILES string of the molecule is COc1ccc(N(CC(=O)Nc2cccc(C(F)(F)F)c2)S(=O)(=O)c2cccs2)cc1. The highest BCUT2D eigenvalue weighted by Crippen LogP contribution is 2.31. The normalized spacial score (nSPS) is 11.7. The molecule has 164 valence electrons. The third-order valence-corrected chi connectivity index (χ3v) is 7.31. The Morgan fingerprint density at radius 1 is 1.10 bits per heavy atom. The number of methoxy groups -OCH3 is 1. The Labute approximate surface area is 180 Å². The van der Waals surface area contributed by atoms with Crippen molar-refractivity contribution in [1.29, 1.82) is 0 Å². The largest absolute Gasteiger partial charge is 0.497 e. The van der Waals surface area contributed by atoms with Crippen LogP contribution in [0.5, 0.6) is 5.75 Å². The number of sulfonamides is 1. The number of ether oxygens (including phenoxy) is 1. The van der Waals surface area contributed by atoms with Crippen LogP contribution in [0.2, 0.25) is 0 Å². The van der Waals surface area contributed by atoms with E-state index in [1.165, 1.54) is 43.5 Å². The van der Waals surface area contributed by atoms with Gasteiger partial charge in [0.25, 0.3) is 10.0 Å². The summed E-state index contributed by atoms with van der Waals surface area (Å²) in [7, 11) is -2.62. The van der Waals surface area contributed by atoms with Gasteiger partial charge in [-0.1, -0.05) is 12.1 Å². The maximum absolute atomic E-state index is 13.1. The van der Waals surface area contributed by atoms with Gasteiger partial charge in [-0.15, -0.1) is 11.3 Å². The smallest absolute Gasteiger partial charge is 0.416 e. The van der Waals surface area contributed by atoms with Crippen LogP contribution in [0.4, 0.5) is 24.5 Å². The second-order valence-corrected chi connectivity index (χ2v) is 9.31. The fourth-order valence-electron chi connectivity index (χ4n) is 2.69. The van der Waals surface area contributed by atoms with Gasteiger partial charge < -0.3 is 10.1 Å². The van der Waals surface area contributed by atoms with E-state index in [1.807, 2.05) is 0 Å². The zero-order valence-electron chi connectivity index (χ0n) is 16.1. The number of nitrogens with zero attached hydrogens (tertiary/aromatic N) is 1. The van der Waals surface area contributed by atoms with Crippen LogP contribution in [0.1, 0.15) is 5.56 Å². The fraction of sp³-hybridized carbons (Fsp3) is 0.150. The number of rotatable bonds is 7. The van der Waals surface area contributed by atoms with Crippen molar-refractivity contribution in [2.45, 2.75) is 10.4 Å². The molecule has 0 unspecified atom stereocenters. The standard InChI is InChI=1S/C20H17F3N2O4S2/c1-29-17-9-7-16(8-10-17)25(31(27,28)19-6-3-11-30-19)13-18(26)24-15-5-2-4-14(12-15)20(21,22)23/h2-12H,13H2,1H3,(H,24,26). The molecule has 0 aliphatic heterocycles. The number of carbonyl (C=O) groups excluding carboxylic acids is 1. The number of benzene rings is 2. The lowest BCUT2D eigenvalue weighted by atomic mass is 10.2. The van der Waals surface area contributed by atoms with E-state index in [4.69, 9.17) is 4.74 Å². The van der Waals surface area contributed by atoms with E-state index in [-0.39, 0.29) is 15.6 Å². The topological polar surface area (TPSA) is 75.7 Å². The highest BCUT2D eigenvalue weighted by molar-refractivity contribution is 7.94. The molecule has 0 aliphatic carbocycles. The van der Waals surface area contributed by atoms with Gasteiger partial charge in [0, 0.05) is 5.69 Å². The second-order valence-electron chi connectivity index (χ2n) is 6.27. The summed E-state index contributed by atoms with van der Waals surface area (Å²) < 4.78 is 70.9. The fourth-order valence-corrected chi connectivity index (χ4v) is 5.21. The molecule has 2 aromatic carbocycles. The Kier molecular flexibility index (Phi) is 6.56. The van der Waals surface area contributed by atoms with Gasteiger partial charge in [0.15, 0.2) is 0 Å². The number of anilines is 2. The summed E-state index contributed by atoms with van der Waals surface area (Å²) in [6.45, 7) is -0.636. The number of amides is 1. The lowest BCUT2D eigenvalue weighted by Gasteiger charge is -2.23. The van der Waals surface area contributed by atoms with Gasteiger partial charge in [-0.2, -0.15) is 13.2 Å². The van der Waals surface area contributed by atoms with Crippen LogP contribution in [0.25, 0.3) is 0 Å². The average molecular weight is 470 g/mol. The van der Waals surface area contributed by atoms with Crippen molar-refractivity contribution in [3.8, 4) is 5.75 Å². The predicted molar refractivity (Wildman–Crippen MR) is 112 cm³/mol. The van der Waals surface area contributed by atoms with Crippen molar-refractivity contribution in [2.75, 3.05) is 23.3 Å². The van der Waals surface area contributed by atoms with Crippen LogP contribution in [0.15, 0.2) is 70.3 Å². The maximum atomic E-state index is 13.1. The summed E-state index contributed by atoms with van der Waals surface area (Å²) in [5.74, 6) is -0.305. The lowest BCUT2D eigenvalue weighted by molar-refractivity contribution is -0.137. The number of alkyl halides is 3. The molecule has 1 heterocycles. The summed E-state index contributed by atoms with van der Waals surface area (Å²) in [6.07, 6.45) is -4.57.